The SMILES string of the molecule is CC(O)[C@H](NC(=O)[C@@H]1CSSCC(NC(=O)C(Cc2ccccc2)NCC2(O)OCC(O)[C@@H](O[C@@H]3OC(CO)[C@@H](O)[C@H](O)C3O)C2O)C(=O)N[C@@H](Cc2ccc(O)c([123I])c2)C(=O)N[C@H](Cc2c[nH]c3ccccc23)C(=O)N[C@@H](CCCCN)C(=O)N[C@@H](C(C)O)C(=O)N1)C(=O)O. The number of unbranched alkanes of at least 4 members (excludes halogenated alkanes) is 1. The van der Waals surface area contributed by atoms with E-state index in [2.05, 4.69) is 47.5 Å². The van der Waals surface area contributed by atoms with Crippen molar-refractivity contribution in [2.24, 2.45) is 5.73 Å². The van der Waals surface area contributed by atoms with Gasteiger partial charge in [-0.2, -0.15) is 0 Å². The van der Waals surface area contributed by atoms with Crippen LogP contribution in [0.2, 0.25) is 0 Å². The number of benzene rings is 3. The number of carboxylic acid groups (broad SMARTS) is 1. The van der Waals surface area contributed by atoms with Crippen molar-refractivity contribution in [2.75, 3.05) is 37.8 Å². The first kappa shape index (κ1) is 77.0. The Morgan fingerprint density at radius 3 is 2.11 bits per heavy atom. The zero-order valence-corrected chi connectivity index (χ0v) is 55.9. The van der Waals surface area contributed by atoms with Crippen LogP contribution in [0.15, 0.2) is 79.0 Å². The number of hydrogen-bond acceptors (Lipinski definition) is 25. The molecule has 0 spiro atoms. The fourth-order valence-electron chi connectivity index (χ4n) is 10.8. The standard InChI is InChI=1S/C61H83IN10O22S2/c1-28(74)45-58(88)70-41(57(87)72-46(29(2)75)59(89)90)26-96-95-25-40(69-53(83)37(19-30-10-4-3-5-11-30)65-27-61(91)51(81)50(43(77)24-92-61)94-60-49(80)48(79)47(78)44(23-73)93-60)56(86)67-38(20-31-15-16-42(76)34(62)18-31)54(84)68-39(21-32-22-64-35-13-7-6-12-33(32)35)55(85)66-36(52(82)71-45)14-8-9-17-63/h3-7,10-13,15-16,18,22,28-29,36-41,43-51,60,64-65,73-81,91H,8-9,14,17,19-21,23-27,63H2,1-2H3,(H,66,85)(H,67,86)(H,68,84)(H,69,83)(H,70,88)(H,71,82)(H,72,87)(H,89,90)/t28?,29?,36-,37?,38-,39+,40?,41-,43?,44?,45-,46-,47+,48-,49?,50+,51?,60-,61?/m0/s1/i62-4. The molecule has 7 amide bonds. The number of para-hydroxylation sites is 1. The van der Waals surface area contributed by atoms with Crippen LogP contribution in [-0.2, 0) is 71.8 Å². The van der Waals surface area contributed by atoms with Crippen LogP contribution in [0.3, 0.4) is 0 Å². The Balaban J connectivity index is 1.27. The fourth-order valence-corrected chi connectivity index (χ4v) is 13.7. The number of carboxylic acids is 1. The Morgan fingerprint density at radius 1 is 0.792 bits per heavy atom. The summed E-state index contributed by atoms with van der Waals surface area (Å²) in [5, 5.41) is 139. The number of rotatable bonds is 23. The van der Waals surface area contributed by atoms with Crippen molar-refractivity contribution >= 4 is 102 Å². The number of ether oxygens (including phenoxy) is 3. The van der Waals surface area contributed by atoms with Crippen molar-refractivity contribution in [3.05, 3.63) is 99.3 Å². The maximum absolute atomic E-state index is 15.3. The molecule has 4 heterocycles. The second-order valence-corrected chi connectivity index (χ2v) is 27.3. The molecule has 0 radical (unpaired) electrons. The number of carbonyl (C=O) groups excluding carboxylic acids is 7. The van der Waals surface area contributed by atoms with E-state index in [0.29, 0.717) is 37.6 Å². The summed E-state index contributed by atoms with van der Waals surface area (Å²) in [6, 6.07) is 6.39. The van der Waals surface area contributed by atoms with E-state index in [4.69, 9.17) is 19.9 Å². The molecule has 9 unspecified atom stereocenters. The lowest BCUT2D eigenvalue weighted by molar-refractivity contribution is -0.367. The number of phenols is 1. The molecule has 4 aromatic rings. The summed E-state index contributed by atoms with van der Waals surface area (Å²) in [7, 11) is 1.62. The second kappa shape index (κ2) is 35.9. The first-order valence-electron chi connectivity index (χ1n) is 30.8. The Morgan fingerprint density at radius 2 is 1.45 bits per heavy atom. The van der Waals surface area contributed by atoms with Crippen LogP contribution in [0.25, 0.3) is 10.9 Å². The van der Waals surface area contributed by atoms with Gasteiger partial charge < -0.3 is 124 Å². The van der Waals surface area contributed by atoms with Crippen molar-refractivity contribution in [3.8, 4) is 5.75 Å². The molecule has 1 aromatic heterocycles. The van der Waals surface area contributed by atoms with Crippen molar-refractivity contribution in [1.29, 1.82) is 0 Å². The van der Waals surface area contributed by atoms with Gasteiger partial charge in [-0.1, -0.05) is 76.2 Å². The number of carbonyl (C=O) groups is 8. The first-order valence-corrected chi connectivity index (χ1v) is 34.3. The van der Waals surface area contributed by atoms with E-state index in [1.165, 1.54) is 18.2 Å². The predicted molar refractivity (Wildman–Crippen MR) is 352 cm³/mol. The largest absolute Gasteiger partial charge is 0.507 e. The lowest BCUT2D eigenvalue weighted by Gasteiger charge is -2.47. The highest BCUT2D eigenvalue weighted by molar-refractivity contribution is 14.1. The molecule has 0 aliphatic carbocycles. The van der Waals surface area contributed by atoms with Gasteiger partial charge in [0.05, 0.1) is 41.6 Å². The number of aromatic amines is 1. The fraction of sp³-hybridized carbons (Fsp3) is 0.541. The first-order chi connectivity index (χ1) is 45.6. The summed E-state index contributed by atoms with van der Waals surface area (Å²) >= 11 is 1.86. The molecule has 3 saturated heterocycles. The Hall–Kier alpha value is -6.37. The van der Waals surface area contributed by atoms with Crippen molar-refractivity contribution in [3.63, 3.8) is 0 Å². The van der Waals surface area contributed by atoms with Crippen LogP contribution in [0.4, 0.5) is 0 Å². The van der Waals surface area contributed by atoms with Crippen molar-refractivity contribution in [2.45, 2.75) is 168 Å². The number of nitrogens with two attached hydrogens (primary N) is 1. The van der Waals surface area contributed by atoms with Crippen molar-refractivity contribution < 1.29 is 109 Å². The van der Waals surface area contributed by atoms with E-state index in [1.807, 2.05) is 22.6 Å². The van der Waals surface area contributed by atoms with Crippen molar-refractivity contribution in [1.82, 2.24) is 47.5 Å². The van der Waals surface area contributed by atoms with Gasteiger partial charge in [0.25, 0.3) is 0 Å². The molecule has 32 nitrogen and oxygen atoms in total. The molecule has 3 aromatic carbocycles. The third-order valence-electron chi connectivity index (χ3n) is 16.3. The number of nitrogens with one attached hydrogen (secondary N) is 9. The maximum Gasteiger partial charge on any atom is 0.328 e. The van der Waals surface area contributed by atoms with E-state index in [9.17, 15) is 80.1 Å². The Bertz CT molecular complexity index is 3310. The highest BCUT2D eigenvalue weighted by atomic mass is 123. The summed E-state index contributed by atoms with van der Waals surface area (Å²) in [5.74, 6) is -12.7. The molecule has 3 aliphatic heterocycles. The number of aliphatic carboxylic acids is 1. The third-order valence-corrected chi connectivity index (χ3v) is 19.6. The van der Waals surface area contributed by atoms with Gasteiger partial charge in [0.15, 0.2) is 12.3 Å². The number of aromatic hydroxyl groups is 1. The smallest absolute Gasteiger partial charge is 0.328 e. The number of amides is 7. The van der Waals surface area contributed by atoms with Crippen LogP contribution < -0.4 is 48.3 Å². The number of halogens is 1. The minimum atomic E-state index is -2.74. The van der Waals surface area contributed by atoms with Crippen LogP contribution in [-0.4, -0.2) is 262 Å². The molecule has 0 bridgehead atoms. The summed E-state index contributed by atoms with van der Waals surface area (Å²) in [5.41, 5.74) is 7.90. The van der Waals surface area contributed by atoms with Gasteiger partial charge in [-0.25, -0.2) is 4.79 Å². The lowest BCUT2D eigenvalue weighted by atomic mass is 9.95. The minimum Gasteiger partial charge on any atom is -0.507 e. The number of fused-ring (bicyclic) bond motifs is 1. The highest BCUT2D eigenvalue weighted by Gasteiger charge is 2.53. The number of aliphatic hydroxyl groups is 9. The number of hydrogen-bond donors (Lipinski definition) is 21. The van der Waals surface area contributed by atoms with Crippen LogP contribution >= 0.6 is 44.2 Å². The topological polar surface area (TPSA) is 525 Å². The van der Waals surface area contributed by atoms with E-state index >= 15 is 14.4 Å². The Kier molecular flexibility index (Phi) is 28.8. The Labute approximate surface area is 571 Å². The van der Waals surface area contributed by atoms with Crippen LogP contribution in [0, 0.1) is 3.57 Å². The number of phenolic OH excluding ortho intramolecular Hbond substituents is 1. The van der Waals surface area contributed by atoms with Gasteiger partial charge >= 0.3 is 5.97 Å². The van der Waals surface area contributed by atoms with Gasteiger partial charge in [0, 0.05) is 41.4 Å². The number of aliphatic hydroxyl groups excluding tert-OH is 8. The molecule has 0 saturated carbocycles. The second-order valence-electron chi connectivity index (χ2n) is 23.6. The molecule has 96 heavy (non-hydrogen) atoms. The molecule has 35 heteroatoms. The molecule has 3 fully saturated rings. The van der Waals surface area contributed by atoms with Gasteiger partial charge in [-0.05, 0) is 104 Å². The quantitative estimate of drug-likeness (QED) is 0.0188. The minimum absolute atomic E-state index is 0.0941. The molecular weight excluding hydrogens is 1410 g/mol. The van der Waals surface area contributed by atoms with Gasteiger partial charge in [0.1, 0.15) is 84.7 Å². The molecule has 22 N–H and O–H groups in total. The summed E-state index contributed by atoms with van der Waals surface area (Å²) < 4.78 is 17.0. The van der Waals surface area contributed by atoms with E-state index in [1.54, 1.807) is 60.8 Å². The van der Waals surface area contributed by atoms with Gasteiger partial charge in [-0.3, -0.25) is 33.6 Å². The average Bonchev–Trinajstić information content (AvgIpc) is 1.03. The zero-order valence-electron chi connectivity index (χ0n) is 52.1. The summed E-state index contributed by atoms with van der Waals surface area (Å²) in [6.45, 7) is -0.0138. The van der Waals surface area contributed by atoms with Crippen LogP contribution in [0.1, 0.15) is 49.8 Å². The number of aromatic nitrogens is 1. The predicted octanol–water partition coefficient (Wildman–Crippen LogP) is -5.15. The lowest BCUT2D eigenvalue weighted by Crippen LogP contribution is -2.68. The normalized spacial score (nSPS) is 29.7. The maximum atomic E-state index is 15.3. The van der Waals surface area contributed by atoms with E-state index in [0.717, 1.165) is 35.4 Å². The van der Waals surface area contributed by atoms with Gasteiger partial charge in [-0.15, -0.1) is 0 Å². The third kappa shape index (κ3) is 20.6. The van der Waals surface area contributed by atoms with Crippen LogP contribution in [0.5, 0.6) is 5.75 Å². The monoisotopic (exact) mass is 1490 g/mol. The number of H-pyrrole nitrogens is 1. The zero-order chi connectivity index (χ0) is 70.1. The molecule has 3 aliphatic rings. The van der Waals surface area contributed by atoms with Gasteiger partial charge in [0.2, 0.25) is 47.1 Å². The summed E-state index contributed by atoms with van der Waals surface area (Å²) in [4.78, 5) is 119. The van der Waals surface area contributed by atoms with E-state index < -0.39 is 194 Å². The van der Waals surface area contributed by atoms with E-state index in [-0.39, 0.29) is 44.4 Å². The molecule has 7 rings (SSSR count). The molecule has 19 atom stereocenters. The molecular formula is C61H83IN10O22S2. The highest BCUT2D eigenvalue weighted by Crippen LogP contribution is 2.31. The summed E-state index contributed by atoms with van der Waals surface area (Å²) in [6.07, 6.45) is -16.9. The molecule has 528 valence electrons. The average molecular weight is 1500 g/mol.